The van der Waals surface area contributed by atoms with Crippen molar-refractivity contribution in [3.63, 3.8) is 0 Å². The lowest BCUT2D eigenvalue weighted by Gasteiger charge is -2.72. The largest absolute Gasteiger partial charge is 0.479 e. The first-order valence-electron chi connectivity index (χ1n) is 31.0. The highest BCUT2D eigenvalue weighted by molar-refractivity contribution is 5.87. The number of hydrogen-bond donors (Lipinski definition) is 13. The van der Waals surface area contributed by atoms with Crippen LogP contribution < -0.4 is 0 Å². The fourth-order valence-corrected chi connectivity index (χ4v) is 17.7. The Morgan fingerprint density at radius 3 is 1.93 bits per heavy atom. The monoisotopic (exact) mass is 1260 g/mol. The van der Waals surface area contributed by atoms with E-state index in [4.69, 9.17) is 47.4 Å². The number of allylic oxidation sites excluding steroid dienone is 2. The Bertz CT molecular complexity index is 2750. The first-order valence-corrected chi connectivity index (χ1v) is 31.0. The van der Waals surface area contributed by atoms with Crippen LogP contribution in [0.25, 0.3) is 6.08 Å². The van der Waals surface area contributed by atoms with Crippen molar-refractivity contribution < 1.29 is 128 Å². The number of aliphatic hydroxyl groups excluding tert-OH is 12. The minimum atomic E-state index is -2.21. The van der Waals surface area contributed by atoms with Crippen LogP contribution >= 0.6 is 0 Å². The number of esters is 2. The van der Waals surface area contributed by atoms with Gasteiger partial charge in [0.15, 0.2) is 31.3 Å². The van der Waals surface area contributed by atoms with Crippen molar-refractivity contribution in [1.82, 2.24) is 0 Å². The number of rotatable bonds is 15. The van der Waals surface area contributed by atoms with Gasteiger partial charge in [-0.3, -0.25) is 4.79 Å². The first-order chi connectivity index (χ1) is 41.8. The average molecular weight is 1270 g/mol. The number of aliphatic hydroxyl groups is 12. The topological polar surface area (TPSA) is 407 Å². The summed E-state index contributed by atoms with van der Waals surface area (Å²) in [6.45, 7) is 13.3. The summed E-state index contributed by atoms with van der Waals surface area (Å²) in [5.41, 5.74) is -2.88. The van der Waals surface area contributed by atoms with Crippen molar-refractivity contribution in [2.75, 3.05) is 26.4 Å². The van der Waals surface area contributed by atoms with Gasteiger partial charge in [-0.1, -0.05) is 90.4 Å². The SMILES string of the molecule is CC(=O)OC1C(OC(=O)C=Cc2ccccc2)C(C)(C)CC2C3=CCC4C5(C)CCC(OC6OC(C(=O)O)C(O)C(OC7OCC(O)C(O)C7OC7OCC(O)C(O)C7O)C6OC6OC(CO)C(O)C(O)C6O)C(C)(C)C5CCC4(C)C3(C)CC(O)C21CO. The van der Waals surface area contributed by atoms with Gasteiger partial charge >= 0.3 is 17.9 Å². The lowest BCUT2D eigenvalue weighted by molar-refractivity contribution is -0.399. The van der Waals surface area contributed by atoms with Crippen LogP contribution in [-0.4, -0.2) is 246 Å². The summed E-state index contributed by atoms with van der Waals surface area (Å²) in [6, 6.07) is 9.20. The van der Waals surface area contributed by atoms with Crippen LogP contribution in [0.3, 0.4) is 0 Å². The smallest absolute Gasteiger partial charge is 0.335 e. The molecule has 89 heavy (non-hydrogen) atoms. The summed E-state index contributed by atoms with van der Waals surface area (Å²) in [7, 11) is 0. The third-order valence-electron chi connectivity index (χ3n) is 22.7. The lowest BCUT2D eigenvalue weighted by atomic mass is 9.33. The summed E-state index contributed by atoms with van der Waals surface area (Å²) < 4.78 is 61.1. The number of hydrogen-bond acceptors (Lipinski definition) is 25. The fourth-order valence-electron chi connectivity index (χ4n) is 17.7. The van der Waals surface area contributed by atoms with E-state index in [-0.39, 0.29) is 18.3 Å². The zero-order valence-corrected chi connectivity index (χ0v) is 51.5. The van der Waals surface area contributed by atoms with Gasteiger partial charge in [-0.05, 0) is 96.0 Å². The quantitative estimate of drug-likeness (QED) is 0.0458. The molecule has 1 aromatic rings. The highest BCUT2D eigenvalue weighted by atomic mass is 16.8. The Hall–Kier alpha value is -3.69. The minimum absolute atomic E-state index is 0.0203. The zero-order chi connectivity index (χ0) is 64.8. The van der Waals surface area contributed by atoms with Crippen molar-refractivity contribution in [3.8, 4) is 0 Å². The zero-order valence-electron chi connectivity index (χ0n) is 51.5. The molecule has 5 aliphatic carbocycles. The number of carboxylic acids is 1. The van der Waals surface area contributed by atoms with E-state index in [2.05, 4.69) is 26.8 Å². The van der Waals surface area contributed by atoms with Crippen LogP contribution in [0, 0.1) is 50.2 Å². The number of benzene rings is 1. The van der Waals surface area contributed by atoms with Crippen molar-refractivity contribution in [1.29, 1.82) is 0 Å². The van der Waals surface area contributed by atoms with Crippen molar-refractivity contribution >= 4 is 24.0 Å². The molecular weight excluding hydrogens is 1170 g/mol. The molecule has 29 atom stereocenters. The molecule has 0 radical (unpaired) electrons. The van der Waals surface area contributed by atoms with Crippen molar-refractivity contribution in [2.45, 2.75) is 235 Å². The Morgan fingerprint density at radius 1 is 0.640 bits per heavy atom. The predicted molar refractivity (Wildman–Crippen MR) is 304 cm³/mol. The standard InChI is InChI=1S/C63H92O26/c1-28(66)82-52-51(85-39(70)17-14-29-12-10-9-11-13-29)58(2,3)22-31-30-15-16-36-60(6)20-19-38(59(4,5)35(60)18-21-61(36,7)62(30,8)23-37(69)63(31,52)27-65)84-57-50(89-55-45(76)43(74)42(73)34(24-64)83-55)47(46(77)48(87-57)53(78)79)86-56-49(41(72)33(68)26-81-56)88-54-44(75)40(71)32(67)25-80-54/h9-15,17,31-38,40-52,54-57,64-65,67-69,71-77H,16,18-27H2,1-8H3,(H,78,79). The number of fused-ring (bicyclic) bond motifs is 7. The van der Waals surface area contributed by atoms with E-state index in [0.29, 0.717) is 38.5 Å². The molecule has 13 N–H and O–H groups in total. The Kier molecular flexibility index (Phi) is 19.6. The second-order valence-electron chi connectivity index (χ2n) is 28.4. The van der Waals surface area contributed by atoms with E-state index in [1.54, 1.807) is 6.08 Å². The van der Waals surface area contributed by atoms with Gasteiger partial charge in [0.05, 0.1) is 44.1 Å². The van der Waals surface area contributed by atoms with Crippen LogP contribution in [0.5, 0.6) is 0 Å². The predicted octanol–water partition coefficient (Wildman–Crippen LogP) is -0.444. The average Bonchev–Trinajstić information content (AvgIpc) is 0.682. The maximum Gasteiger partial charge on any atom is 0.335 e. The molecule has 26 nitrogen and oxygen atoms in total. The molecule has 8 fully saturated rings. The van der Waals surface area contributed by atoms with E-state index < -0.39 is 218 Å². The maximum absolute atomic E-state index is 13.7. The van der Waals surface area contributed by atoms with E-state index in [1.165, 1.54) is 13.0 Å². The third kappa shape index (κ3) is 11.8. The summed E-state index contributed by atoms with van der Waals surface area (Å²) in [6.07, 6.45) is -29.5. The van der Waals surface area contributed by atoms with Gasteiger partial charge in [-0.2, -0.15) is 0 Å². The van der Waals surface area contributed by atoms with Crippen LogP contribution in [0.2, 0.25) is 0 Å². The van der Waals surface area contributed by atoms with Crippen LogP contribution in [0.15, 0.2) is 48.1 Å². The summed E-state index contributed by atoms with van der Waals surface area (Å²) >= 11 is 0. The lowest BCUT2D eigenvalue weighted by Crippen LogP contribution is -2.72. The van der Waals surface area contributed by atoms with Gasteiger partial charge in [-0.15, -0.1) is 0 Å². The van der Waals surface area contributed by atoms with E-state index in [1.807, 2.05) is 58.0 Å². The van der Waals surface area contributed by atoms with Crippen molar-refractivity contribution in [3.05, 3.63) is 53.6 Å². The minimum Gasteiger partial charge on any atom is -0.479 e. The number of ether oxygens (including phenoxy) is 10. The van der Waals surface area contributed by atoms with Crippen LogP contribution in [0.4, 0.5) is 0 Å². The van der Waals surface area contributed by atoms with Gasteiger partial charge in [0, 0.05) is 18.4 Å². The van der Waals surface area contributed by atoms with Crippen LogP contribution in [-0.2, 0) is 61.8 Å². The molecule has 0 aromatic heterocycles. The van der Waals surface area contributed by atoms with E-state index >= 15 is 0 Å². The van der Waals surface area contributed by atoms with E-state index in [0.717, 1.165) is 11.1 Å². The second-order valence-corrected chi connectivity index (χ2v) is 28.4. The fraction of sp³-hybridized carbons (Fsp3) is 0.794. The molecule has 4 saturated carbocycles. The third-order valence-corrected chi connectivity index (χ3v) is 22.7. The number of aliphatic carboxylic acids is 1. The Balaban J connectivity index is 0.949. The molecule has 0 bridgehead atoms. The van der Waals surface area contributed by atoms with Gasteiger partial charge in [0.25, 0.3) is 0 Å². The summed E-state index contributed by atoms with van der Waals surface area (Å²) in [5, 5.41) is 144. The highest BCUT2D eigenvalue weighted by Gasteiger charge is 2.74. The van der Waals surface area contributed by atoms with Crippen molar-refractivity contribution in [2.24, 2.45) is 50.2 Å². The summed E-state index contributed by atoms with van der Waals surface area (Å²) in [5.74, 6) is -3.68. The molecule has 29 unspecified atom stereocenters. The molecule has 0 amide bonds. The van der Waals surface area contributed by atoms with Gasteiger partial charge in [-0.25, -0.2) is 9.59 Å². The maximum atomic E-state index is 13.7. The molecule has 4 aliphatic heterocycles. The molecule has 26 heteroatoms. The second kappa shape index (κ2) is 25.6. The number of carbonyl (C=O) groups is 3. The molecular formula is C63H92O26. The molecule has 1 aromatic carbocycles. The normalized spacial score (nSPS) is 48.6. The van der Waals surface area contributed by atoms with E-state index in [9.17, 15) is 80.8 Å². The van der Waals surface area contributed by atoms with Crippen LogP contribution in [0.1, 0.15) is 106 Å². The van der Waals surface area contributed by atoms with Gasteiger partial charge < -0.3 is 114 Å². The number of carboxylic acid groups (broad SMARTS) is 1. The first kappa shape index (κ1) is 68.2. The summed E-state index contributed by atoms with van der Waals surface area (Å²) in [4.78, 5) is 40.0. The molecule has 9 aliphatic rings. The molecule has 4 saturated heterocycles. The molecule has 0 spiro atoms. The molecule has 500 valence electrons. The van der Waals surface area contributed by atoms with Gasteiger partial charge in [0.1, 0.15) is 91.6 Å². The van der Waals surface area contributed by atoms with Gasteiger partial charge in [0.2, 0.25) is 0 Å². The molecule has 4 heterocycles. The molecule has 10 rings (SSSR count). The Labute approximate surface area is 516 Å². The Morgan fingerprint density at radius 2 is 1.28 bits per heavy atom. The highest BCUT2D eigenvalue weighted by Crippen LogP contribution is 2.76. The number of carbonyl (C=O) groups excluding carboxylic acids is 2.